The van der Waals surface area contributed by atoms with E-state index in [0.717, 1.165) is 16.6 Å². The molecule has 0 aromatic heterocycles. The number of hydrogen-bond acceptors (Lipinski definition) is 4. The minimum absolute atomic E-state index is 0.148. The molecule has 0 aliphatic heterocycles. The van der Waals surface area contributed by atoms with Crippen LogP contribution < -0.4 is 5.43 Å². The monoisotopic (exact) mass is 577 g/mol. The third-order valence-electron chi connectivity index (χ3n) is 4.83. The van der Waals surface area contributed by atoms with Crippen molar-refractivity contribution in [3.05, 3.63) is 98.5 Å². The molecule has 36 heavy (non-hydrogen) atoms. The molecule has 0 atom stereocenters. The van der Waals surface area contributed by atoms with Gasteiger partial charge in [0.05, 0.1) is 23.2 Å². The SMILES string of the molecule is O=C(CN(Cc1c(Cl)cccc1Cl)S(=O)(=O)c1ccc(Cl)cc1)N/N=C\c1ccccc1C(F)(F)F. The fourth-order valence-corrected chi connectivity index (χ4v) is 5.09. The van der Waals surface area contributed by atoms with Crippen molar-refractivity contribution in [2.24, 2.45) is 5.10 Å². The lowest BCUT2D eigenvalue weighted by Gasteiger charge is -2.22. The van der Waals surface area contributed by atoms with Gasteiger partial charge in [0.15, 0.2) is 0 Å². The zero-order valence-electron chi connectivity index (χ0n) is 18.1. The number of carbonyl (C=O) groups excluding carboxylic acids is 1. The van der Waals surface area contributed by atoms with E-state index in [0.29, 0.717) is 5.02 Å². The van der Waals surface area contributed by atoms with Crippen LogP contribution >= 0.6 is 34.8 Å². The molecular weight excluding hydrogens is 562 g/mol. The highest BCUT2D eigenvalue weighted by Crippen LogP contribution is 2.31. The second-order valence-electron chi connectivity index (χ2n) is 7.31. The van der Waals surface area contributed by atoms with E-state index in [1.807, 2.05) is 0 Å². The number of nitrogens with one attached hydrogen (secondary N) is 1. The molecule has 6 nitrogen and oxygen atoms in total. The number of rotatable bonds is 8. The highest BCUT2D eigenvalue weighted by atomic mass is 35.5. The first-order valence-corrected chi connectivity index (χ1v) is 12.6. The number of sulfonamides is 1. The predicted molar refractivity (Wildman–Crippen MR) is 133 cm³/mol. The molecular formula is C23H17Cl3F3N3O3S. The summed E-state index contributed by atoms with van der Waals surface area (Å²) >= 11 is 18.2. The molecule has 0 aliphatic carbocycles. The fourth-order valence-electron chi connectivity index (χ4n) is 3.08. The Hall–Kier alpha value is -2.63. The van der Waals surface area contributed by atoms with Gasteiger partial charge in [0, 0.05) is 32.7 Å². The fraction of sp³-hybridized carbons (Fsp3) is 0.130. The van der Waals surface area contributed by atoms with Gasteiger partial charge in [-0.05, 0) is 42.5 Å². The number of nitrogens with zero attached hydrogens (tertiary/aromatic N) is 2. The highest BCUT2D eigenvalue weighted by Gasteiger charge is 2.32. The molecule has 3 rings (SSSR count). The maximum absolute atomic E-state index is 13.3. The zero-order chi connectivity index (χ0) is 26.5. The van der Waals surface area contributed by atoms with Gasteiger partial charge in [-0.25, -0.2) is 13.8 Å². The number of carbonyl (C=O) groups is 1. The topological polar surface area (TPSA) is 78.8 Å². The Labute approximate surface area is 220 Å². The van der Waals surface area contributed by atoms with E-state index in [4.69, 9.17) is 34.8 Å². The van der Waals surface area contributed by atoms with E-state index in [2.05, 4.69) is 10.5 Å². The smallest absolute Gasteiger partial charge is 0.272 e. The predicted octanol–water partition coefficient (Wildman–Crippen LogP) is 6.01. The second-order valence-corrected chi connectivity index (χ2v) is 10.5. The Balaban J connectivity index is 1.86. The Morgan fingerprint density at radius 1 is 0.944 bits per heavy atom. The van der Waals surface area contributed by atoms with Crippen molar-refractivity contribution in [2.75, 3.05) is 6.54 Å². The summed E-state index contributed by atoms with van der Waals surface area (Å²) < 4.78 is 66.9. The molecule has 0 heterocycles. The number of benzene rings is 3. The lowest BCUT2D eigenvalue weighted by molar-refractivity contribution is -0.137. The Kier molecular flexibility index (Phi) is 9.02. The molecule has 0 spiro atoms. The number of hydrazone groups is 1. The van der Waals surface area contributed by atoms with E-state index >= 15 is 0 Å². The summed E-state index contributed by atoms with van der Waals surface area (Å²) in [6.45, 7) is -1.09. The van der Waals surface area contributed by atoms with Crippen LogP contribution in [0.15, 0.2) is 76.7 Å². The summed E-state index contributed by atoms with van der Waals surface area (Å²) in [4.78, 5) is 12.4. The van der Waals surface area contributed by atoms with Gasteiger partial charge >= 0.3 is 6.18 Å². The molecule has 1 N–H and O–H groups in total. The van der Waals surface area contributed by atoms with Gasteiger partial charge in [-0.1, -0.05) is 59.1 Å². The molecule has 1 amide bonds. The van der Waals surface area contributed by atoms with Gasteiger partial charge in [0.25, 0.3) is 5.91 Å². The molecule has 0 saturated carbocycles. The molecule has 13 heteroatoms. The van der Waals surface area contributed by atoms with Crippen LogP contribution in [-0.2, 0) is 27.5 Å². The van der Waals surface area contributed by atoms with Gasteiger partial charge in [-0.3, -0.25) is 4.79 Å². The van der Waals surface area contributed by atoms with Gasteiger partial charge in [0.1, 0.15) is 0 Å². The van der Waals surface area contributed by atoms with E-state index < -0.39 is 34.2 Å². The van der Waals surface area contributed by atoms with E-state index in [-0.39, 0.29) is 32.6 Å². The van der Waals surface area contributed by atoms with Crippen LogP contribution in [0.1, 0.15) is 16.7 Å². The summed E-state index contributed by atoms with van der Waals surface area (Å²) in [5.41, 5.74) is 1.10. The summed E-state index contributed by atoms with van der Waals surface area (Å²) in [6, 6.07) is 14.5. The third-order valence-corrected chi connectivity index (χ3v) is 7.59. The van der Waals surface area contributed by atoms with Crippen LogP contribution in [0.25, 0.3) is 0 Å². The van der Waals surface area contributed by atoms with Crippen molar-refractivity contribution in [1.82, 2.24) is 9.73 Å². The van der Waals surface area contributed by atoms with E-state index in [1.54, 1.807) is 6.07 Å². The molecule has 190 valence electrons. The first kappa shape index (κ1) is 27.9. The van der Waals surface area contributed by atoms with Crippen LogP contribution in [0.3, 0.4) is 0 Å². The van der Waals surface area contributed by atoms with Crippen LogP contribution in [-0.4, -0.2) is 31.4 Å². The Morgan fingerprint density at radius 2 is 1.56 bits per heavy atom. The normalized spacial score (nSPS) is 12.3. The lowest BCUT2D eigenvalue weighted by Crippen LogP contribution is -2.39. The average Bonchev–Trinajstić information content (AvgIpc) is 2.80. The molecule has 0 fully saturated rings. The van der Waals surface area contributed by atoms with Gasteiger partial charge in [-0.2, -0.15) is 22.6 Å². The van der Waals surface area contributed by atoms with Gasteiger partial charge < -0.3 is 0 Å². The highest BCUT2D eigenvalue weighted by molar-refractivity contribution is 7.89. The van der Waals surface area contributed by atoms with Crippen molar-refractivity contribution in [2.45, 2.75) is 17.6 Å². The first-order valence-electron chi connectivity index (χ1n) is 10.1. The number of halogens is 6. The van der Waals surface area contributed by atoms with Crippen LogP contribution in [0.4, 0.5) is 13.2 Å². The molecule has 0 aliphatic rings. The minimum Gasteiger partial charge on any atom is -0.272 e. The van der Waals surface area contributed by atoms with Crippen molar-refractivity contribution in [3.63, 3.8) is 0 Å². The maximum atomic E-state index is 13.3. The van der Waals surface area contributed by atoms with E-state index in [1.165, 1.54) is 54.6 Å². The third kappa shape index (κ3) is 6.98. The molecule has 0 saturated heterocycles. The summed E-state index contributed by atoms with van der Waals surface area (Å²) in [5.74, 6) is -0.906. The number of alkyl halides is 3. The van der Waals surface area contributed by atoms with Crippen molar-refractivity contribution in [1.29, 1.82) is 0 Å². The molecule has 3 aromatic rings. The molecule has 0 unspecified atom stereocenters. The molecule has 0 radical (unpaired) electrons. The van der Waals surface area contributed by atoms with Crippen molar-refractivity contribution >= 4 is 56.9 Å². The summed E-state index contributed by atoms with van der Waals surface area (Å²) in [5, 5.41) is 4.23. The quantitative estimate of drug-likeness (QED) is 0.263. The Morgan fingerprint density at radius 3 is 2.17 bits per heavy atom. The van der Waals surface area contributed by atoms with E-state index in [9.17, 15) is 26.4 Å². The number of amides is 1. The average molecular weight is 579 g/mol. The number of hydrogen-bond donors (Lipinski definition) is 1. The summed E-state index contributed by atoms with van der Waals surface area (Å²) in [6.07, 6.45) is -3.80. The minimum atomic E-state index is -4.62. The second kappa shape index (κ2) is 11.6. The summed E-state index contributed by atoms with van der Waals surface area (Å²) in [7, 11) is -4.25. The van der Waals surface area contributed by atoms with Crippen LogP contribution in [0, 0.1) is 0 Å². The lowest BCUT2D eigenvalue weighted by atomic mass is 10.1. The van der Waals surface area contributed by atoms with Crippen LogP contribution in [0.2, 0.25) is 15.1 Å². The molecule has 0 bridgehead atoms. The largest absolute Gasteiger partial charge is 0.417 e. The van der Waals surface area contributed by atoms with Crippen molar-refractivity contribution < 1.29 is 26.4 Å². The first-order chi connectivity index (χ1) is 16.9. The van der Waals surface area contributed by atoms with Gasteiger partial charge in [0.2, 0.25) is 10.0 Å². The van der Waals surface area contributed by atoms with Crippen LogP contribution in [0.5, 0.6) is 0 Å². The van der Waals surface area contributed by atoms with Gasteiger partial charge in [-0.15, -0.1) is 0 Å². The zero-order valence-corrected chi connectivity index (χ0v) is 21.2. The maximum Gasteiger partial charge on any atom is 0.417 e. The Bertz CT molecular complexity index is 1360. The standard InChI is InChI=1S/C23H17Cl3F3N3O3S/c24-16-8-10-17(11-9-16)36(34,35)32(13-18-20(25)6-3-7-21(18)26)14-22(33)31-30-12-15-4-1-2-5-19(15)23(27,28)29/h1-12H,13-14H2,(H,31,33)/b30-12-. The molecule has 3 aromatic carbocycles. The van der Waals surface area contributed by atoms with Crippen molar-refractivity contribution in [3.8, 4) is 0 Å².